The van der Waals surface area contributed by atoms with Gasteiger partial charge < -0.3 is 14.4 Å². The summed E-state index contributed by atoms with van der Waals surface area (Å²) in [6.07, 6.45) is 4.71. The number of carbonyl (C=O) groups is 1. The van der Waals surface area contributed by atoms with Gasteiger partial charge in [0.1, 0.15) is 11.5 Å². The van der Waals surface area contributed by atoms with Crippen LogP contribution in [0.5, 0.6) is 0 Å². The highest BCUT2D eigenvalue weighted by Crippen LogP contribution is 2.30. The molecule has 1 amide bonds. The van der Waals surface area contributed by atoms with E-state index in [0.29, 0.717) is 0 Å². The van der Waals surface area contributed by atoms with E-state index >= 15 is 0 Å². The monoisotopic (exact) mass is 298 g/mol. The van der Waals surface area contributed by atoms with Crippen LogP contribution >= 0.6 is 0 Å². The highest BCUT2D eigenvalue weighted by Gasteiger charge is 2.28. The molecule has 0 bridgehead atoms. The minimum atomic E-state index is 0.124. The van der Waals surface area contributed by atoms with Gasteiger partial charge in [0.25, 0.3) is 5.91 Å². The van der Waals surface area contributed by atoms with Gasteiger partial charge >= 0.3 is 0 Å². The molecule has 2 aromatic heterocycles. The number of pyridine rings is 1. The third-order valence-corrected chi connectivity index (χ3v) is 5.07. The number of aromatic nitrogens is 2. The van der Waals surface area contributed by atoms with Crippen molar-refractivity contribution in [1.29, 1.82) is 0 Å². The van der Waals surface area contributed by atoms with Gasteiger partial charge in [-0.1, -0.05) is 0 Å². The van der Waals surface area contributed by atoms with Crippen LogP contribution in [0.15, 0.2) is 12.1 Å². The third kappa shape index (κ3) is 1.91. The van der Waals surface area contributed by atoms with E-state index < -0.39 is 0 Å². The summed E-state index contributed by atoms with van der Waals surface area (Å²) in [6, 6.07) is 4.16. The van der Waals surface area contributed by atoms with Gasteiger partial charge in [-0.05, 0) is 31.4 Å². The lowest BCUT2D eigenvalue weighted by atomic mass is 10.0. The third-order valence-electron chi connectivity index (χ3n) is 5.07. The molecule has 2 aliphatic rings. The van der Waals surface area contributed by atoms with Crippen molar-refractivity contribution < 1.29 is 4.79 Å². The Morgan fingerprint density at radius 1 is 1.05 bits per heavy atom. The SMILES string of the molecule is CN1CCc2c(c3ccc(N4CCCCC4)nc3n2C)C1=O. The molecule has 0 unspecified atom stereocenters. The van der Waals surface area contributed by atoms with Crippen LogP contribution in [-0.2, 0) is 13.5 Å². The van der Waals surface area contributed by atoms with Crippen molar-refractivity contribution in [2.45, 2.75) is 25.7 Å². The van der Waals surface area contributed by atoms with Crippen LogP contribution < -0.4 is 4.90 Å². The predicted octanol–water partition coefficient (Wildman–Crippen LogP) is 2.19. The molecule has 2 aromatic rings. The van der Waals surface area contributed by atoms with Crippen LogP contribution in [0.3, 0.4) is 0 Å². The van der Waals surface area contributed by atoms with Crippen LogP contribution in [-0.4, -0.2) is 47.0 Å². The van der Waals surface area contributed by atoms with Crippen LogP contribution in [0.1, 0.15) is 35.3 Å². The number of rotatable bonds is 1. The van der Waals surface area contributed by atoms with Crippen molar-refractivity contribution >= 4 is 22.8 Å². The van der Waals surface area contributed by atoms with E-state index in [2.05, 4.69) is 21.6 Å². The molecular weight excluding hydrogens is 276 g/mol. The Kier molecular flexibility index (Phi) is 3.10. The minimum Gasteiger partial charge on any atom is -0.357 e. The van der Waals surface area contributed by atoms with Gasteiger partial charge in [-0.2, -0.15) is 0 Å². The fourth-order valence-electron chi connectivity index (χ4n) is 3.74. The second-order valence-corrected chi connectivity index (χ2v) is 6.45. The average Bonchev–Trinajstić information content (AvgIpc) is 2.85. The molecule has 4 rings (SSSR count). The molecule has 5 nitrogen and oxygen atoms in total. The maximum absolute atomic E-state index is 12.5. The largest absolute Gasteiger partial charge is 0.357 e. The average molecular weight is 298 g/mol. The molecular formula is C17H22N4O. The predicted molar refractivity (Wildman–Crippen MR) is 87.4 cm³/mol. The Balaban J connectivity index is 1.84. The molecule has 1 saturated heterocycles. The first-order valence-corrected chi connectivity index (χ1v) is 8.15. The Morgan fingerprint density at radius 3 is 2.59 bits per heavy atom. The van der Waals surface area contributed by atoms with Crippen molar-refractivity contribution in [3.05, 3.63) is 23.4 Å². The molecule has 0 atom stereocenters. The fourth-order valence-corrected chi connectivity index (χ4v) is 3.74. The van der Waals surface area contributed by atoms with Crippen LogP contribution in [0, 0.1) is 0 Å². The van der Waals surface area contributed by atoms with Crippen molar-refractivity contribution in [2.24, 2.45) is 7.05 Å². The first-order valence-electron chi connectivity index (χ1n) is 8.15. The highest BCUT2D eigenvalue weighted by atomic mass is 16.2. The molecule has 0 aromatic carbocycles. The van der Waals surface area contributed by atoms with Crippen molar-refractivity contribution in [3.8, 4) is 0 Å². The molecule has 2 aliphatic heterocycles. The number of likely N-dealkylation sites (N-methyl/N-ethyl adjacent to an activating group) is 1. The topological polar surface area (TPSA) is 41.4 Å². The summed E-state index contributed by atoms with van der Waals surface area (Å²) in [5.41, 5.74) is 2.92. The number of fused-ring (bicyclic) bond motifs is 3. The zero-order valence-corrected chi connectivity index (χ0v) is 13.3. The number of nitrogens with zero attached hydrogens (tertiary/aromatic N) is 4. The molecule has 0 spiro atoms. The van der Waals surface area contributed by atoms with Crippen LogP contribution in [0.4, 0.5) is 5.82 Å². The Morgan fingerprint density at radius 2 is 1.82 bits per heavy atom. The van der Waals surface area contributed by atoms with Crippen molar-refractivity contribution in [1.82, 2.24) is 14.5 Å². The normalized spacial score (nSPS) is 18.9. The minimum absolute atomic E-state index is 0.124. The quantitative estimate of drug-likeness (QED) is 0.810. The number of piperidine rings is 1. The van der Waals surface area contributed by atoms with Crippen molar-refractivity contribution in [2.75, 3.05) is 31.6 Å². The molecule has 1 fully saturated rings. The van der Waals surface area contributed by atoms with E-state index in [-0.39, 0.29) is 5.91 Å². The number of aryl methyl sites for hydroxylation is 1. The summed E-state index contributed by atoms with van der Waals surface area (Å²) in [5, 5.41) is 0.995. The lowest BCUT2D eigenvalue weighted by Gasteiger charge is -2.27. The molecule has 0 saturated carbocycles. The van der Waals surface area contributed by atoms with E-state index in [9.17, 15) is 4.79 Å². The number of amides is 1. The van der Waals surface area contributed by atoms with E-state index in [4.69, 9.17) is 4.98 Å². The highest BCUT2D eigenvalue weighted by molar-refractivity contribution is 6.08. The Hall–Kier alpha value is -2.04. The second-order valence-electron chi connectivity index (χ2n) is 6.45. The second kappa shape index (κ2) is 5.00. The van der Waals surface area contributed by atoms with Gasteiger partial charge in [-0.15, -0.1) is 0 Å². The molecule has 4 heterocycles. The molecule has 0 N–H and O–H groups in total. The van der Waals surface area contributed by atoms with Gasteiger partial charge in [-0.25, -0.2) is 4.98 Å². The Labute approximate surface area is 130 Å². The summed E-state index contributed by atoms with van der Waals surface area (Å²) < 4.78 is 2.11. The first-order chi connectivity index (χ1) is 10.7. The molecule has 0 radical (unpaired) electrons. The Bertz CT molecular complexity index is 743. The van der Waals surface area contributed by atoms with Crippen LogP contribution in [0.2, 0.25) is 0 Å². The van der Waals surface area contributed by atoms with E-state index in [1.165, 1.54) is 19.3 Å². The molecule has 0 aliphatic carbocycles. The van der Waals surface area contributed by atoms with Crippen LogP contribution in [0.25, 0.3) is 11.0 Å². The van der Waals surface area contributed by atoms with E-state index in [0.717, 1.165) is 54.2 Å². The van der Waals surface area contributed by atoms with Gasteiger partial charge in [0.2, 0.25) is 0 Å². The number of anilines is 1. The van der Waals surface area contributed by atoms with Gasteiger partial charge in [0.15, 0.2) is 0 Å². The summed E-state index contributed by atoms with van der Waals surface area (Å²) >= 11 is 0. The first kappa shape index (κ1) is 13.6. The lowest BCUT2D eigenvalue weighted by Crippen LogP contribution is -2.34. The number of carbonyl (C=O) groups excluding carboxylic acids is 1. The standard InChI is InChI=1S/C17H22N4O/c1-19-11-8-13-15(17(19)22)12-6-7-14(18-16(12)20(13)2)21-9-4-3-5-10-21/h6-7H,3-5,8-11H2,1-2H3. The zero-order chi connectivity index (χ0) is 15.3. The zero-order valence-electron chi connectivity index (χ0n) is 13.3. The lowest BCUT2D eigenvalue weighted by molar-refractivity contribution is 0.0781. The molecule has 5 heteroatoms. The summed E-state index contributed by atoms with van der Waals surface area (Å²) in [4.78, 5) is 21.6. The smallest absolute Gasteiger partial charge is 0.256 e. The fraction of sp³-hybridized carbons (Fsp3) is 0.529. The summed E-state index contributed by atoms with van der Waals surface area (Å²) in [6.45, 7) is 2.96. The summed E-state index contributed by atoms with van der Waals surface area (Å²) in [7, 11) is 3.91. The van der Waals surface area contributed by atoms with Crippen molar-refractivity contribution in [3.63, 3.8) is 0 Å². The maximum atomic E-state index is 12.5. The van der Waals surface area contributed by atoms with Gasteiger partial charge in [-0.3, -0.25) is 4.79 Å². The molecule has 22 heavy (non-hydrogen) atoms. The van der Waals surface area contributed by atoms with E-state index in [1.807, 2.05) is 14.1 Å². The maximum Gasteiger partial charge on any atom is 0.256 e. The van der Waals surface area contributed by atoms with E-state index in [1.54, 1.807) is 4.90 Å². The van der Waals surface area contributed by atoms with Gasteiger partial charge in [0, 0.05) is 51.2 Å². The van der Waals surface area contributed by atoms with Gasteiger partial charge in [0.05, 0.1) is 5.56 Å². The summed E-state index contributed by atoms with van der Waals surface area (Å²) in [5.74, 6) is 1.17. The number of hydrogen-bond acceptors (Lipinski definition) is 3. The molecule has 116 valence electrons. The number of hydrogen-bond donors (Lipinski definition) is 0.